The number of unbranched alkanes of at least 4 members (excludes halogenated alkanes) is 4. The van der Waals surface area contributed by atoms with Gasteiger partial charge < -0.3 is 15.3 Å². The number of carboxylic acid groups (broad SMARTS) is 1. The van der Waals surface area contributed by atoms with Gasteiger partial charge in [-0.25, -0.2) is 0 Å². The van der Waals surface area contributed by atoms with E-state index in [1.165, 1.54) is 19.3 Å². The molecule has 0 aliphatic carbocycles. The van der Waals surface area contributed by atoms with E-state index in [0.29, 0.717) is 25.7 Å². The summed E-state index contributed by atoms with van der Waals surface area (Å²) in [5.74, 6) is -0.819. The molecule has 4 heteroatoms. The number of rotatable bonds is 14. The zero-order chi connectivity index (χ0) is 16.6. The minimum atomic E-state index is -0.819. The summed E-state index contributed by atoms with van der Waals surface area (Å²) in [5.41, 5.74) is 0. The molecule has 0 aliphatic rings. The first-order chi connectivity index (χ1) is 10.6. The molecule has 0 radical (unpaired) electrons. The molecule has 0 bridgehead atoms. The predicted octanol–water partition coefficient (Wildman–Crippen LogP) is 3.83. The summed E-state index contributed by atoms with van der Waals surface area (Å²) in [7, 11) is 0. The van der Waals surface area contributed by atoms with Crippen molar-refractivity contribution in [2.45, 2.75) is 83.3 Å². The van der Waals surface area contributed by atoms with Crippen molar-refractivity contribution in [3.63, 3.8) is 0 Å². The summed E-state index contributed by atoms with van der Waals surface area (Å²) < 4.78 is 0. The van der Waals surface area contributed by atoms with E-state index in [1.54, 1.807) is 0 Å². The van der Waals surface area contributed by atoms with Crippen LogP contribution in [0.25, 0.3) is 0 Å². The summed E-state index contributed by atoms with van der Waals surface area (Å²) in [6.07, 6.45) is 14.5. The second-order valence-corrected chi connectivity index (χ2v) is 5.68. The third kappa shape index (κ3) is 13.8. The fraction of sp³-hybridized carbons (Fsp3) is 0.722. The third-order valence-electron chi connectivity index (χ3n) is 3.54. The van der Waals surface area contributed by atoms with Crippen LogP contribution in [0, 0.1) is 0 Å². The normalized spacial score (nSPS) is 14.7. The quantitative estimate of drug-likeness (QED) is 0.336. The van der Waals surface area contributed by atoms with Crippen molar-refractivity contribution in [2.24, 2.45) is 0 Å². The number of hydrogen-bond acceptors (Lipinski definition) is 3. The van der Waals surface area contributed by atoms with Crippen LogP contribution in [0.15, 0.2) is 24.3 Å². The monoisotopic (exact) mass is 312 g/mol. The molecule has 2 unspecified atom stereocenters. The predicted molar refractivity (Wildman–Crippen MR) is 89.8 cm³/mol. The first-order valence-corrected chi connectivity index (χ1v) is 8.45. The largest absolute Gasteiger partial charge is 0.481 e. The van der Waals surface area contributed by atoms with Gasteiger partial charge >= 0.3 is 5.97 Å². The van der Waals surface area contributed by atoms with Crippen LogP contribution < -0.4 is 0 Å². The molecule has 0 saturated carbocycles. The second kappa shape index (κ2) is 14.8. The van der Waals surface area contributed by atoms with E-state index in [2.05, 4.69) is 19.1 Å². The molecule has 0 aliphatic heterocycles. The maximum absolute atomic E-state index is 10.4. The molecule has 0 spiro atoms. The highest BCUT2D eigenvalue weighted by atomic mass is 16.4. The van der Waals surface area contributed by atoms with Crippen molar-refractivity contribution in [2.75, 3.05) is 0 Å². The van der Waals surface area contributed by atoms with Crippen LogP contribution in [0.2, 0.25) is 0 Å². The zero-order valence-corrected chi connectivity index (χ0v) is 13.8. The molecular formula is C18H32O4. The maximum Gasteiger partial charge on any atom is 0.303 e. The Balaban J connectivity index is 3.62. The SMILES string of the molecule is CCCCCC=CCC=CCC(O)C(O)CCCCC(=O)O. The Kier molecular flexibility index (Phi) is 14.0. The molecule has 22 heavy (non-hydrogen) atoms. The van der Waals surface area contributed by atoms with Gasteiger partial charge in [-0.2, -0.15) is 0 Å². The molecule has 2 atom stereocenters. The van der Waals surface area contributed by atoms with Crippen molar-refractivity contribution in [1.82, 2.24) is 0 Å². The Hall–Kier alpha value is -1.13. The minimum absolute atomic E-state index is 0.118. The number of hydrogen-bond donors (Lipinski definition) is 3. The average Bonchev–Trinajstić information content (AvgIpc) is 2.49. The number of aliphatic hydroxyl groups is 2. The van der Waals surface area contributed by atoms with Crippen LogP contribution in [0.4, 0.5) is 0 Å². The molecule has 0 aromatic carbocycles. The van der Waals surface area contributed by atoms with Crippen LogP contribution >= 0.6 is 0 Å². The maximum atomic E-state index is 10.4. The summed E-state index contributed by atoms with van der Waals surface area (Å²) in [6, 6.07) is 0. The van der Waals surface area contributed by atoms with Gasteiger partial charge in [0.15, 0.2) is 0 Å². The first-order valence-electron chi connectivity index (χ1n) is 8.45. The number of allylic oxidation sites excluding steroid dienone is 3. The van der Waals surface area contributed by atoms with E-state index in [0.717, 1.165) is 12.8 Å². The fourth-order valence-electron chi connectivity index (χ4n) is 2.12. The molecule has 0 rings (SSSR count). The van der Waals surface area contributed by atoms with Gasteiger partial charge in [0, 0.05) is 6.42 Å². The van der Waals surface area contributed by atoms with E-state index < -0.39 is 18.2 Å². The topological polar surface area (TPSA) is 77.8 Å². The molecule has 0 fully saturated rings. The highest BCUT2D eigenvalue weighted by molar-refractivity contribution is 5.66. The van der Waals surface area contributed by atoms with Crippen molar-refractivity contribution in [3.8, 4) is 0 Å². The lowest BCUT2D eigenvalue weighted by molar-refractivity contribution is -0.137. The number of aliphatic hydroxyl groups excluding tert-OH is 2. The second-order valence-electron chi connectivity index (χ2n) is 5.68. The lowest BCUT2D eigenvalue weighted by atomic mass is 10.0. The summed E-state index contributed by atoms with van der Waals surface area (Å²) >= 11 is 0. The highest BCUT2D eigenvalue weighted by Crippen LogP contribution is 2.10. The van der Waals surface area contributed by atoms with Gasteiger partial charge in [0.1, 0.15) is 0 Å². The molecule has 128 valence electrons. The molecule has 0 amide bonds. The summed E-state index contributed by atoms with van der Waals surface area (Å²) in [6.45, 7) is 2.19. The molecule has 0 aromatic rings. The Morgan fingerprint density at radius 3 is 2.36 bits per heavy atom. The molecule has 3 N–H and O–H groups in total. The standard InChI is InChI=1S/C18H32O4/c1-2-3-4-5-6-7-8-9-10-13-16(19)17(20)14-11-12-15-18(21)22/h6-7,9-10,16-17,19-20H,2-5,8,11-15H2,1H3,(H,21,22). The van der Waals surface area contributed by atoms with Crippen molar-refractivity contribution >= 4 is 5.97 Å². The minimum Gasteiger partial charge on any atom is -0.481 e. The van der Waals surface area contributed by atoms with Gasteiger partial charge in [0.2, 0.25) is 0 Å². The third-order valence-corrected chi connectivity index (χ3v) is 3.54. The van der Waals surface area contributed by atoms with Crippen LogP contribution in [-0.2, 0) is 4.79 Å². The van der Waals surface area contributed by atoms with Gasteiger partial charge in [-0.15, -0.1) is 0 Å². The van der Waals surface area contributed by atoms with Gasteiger partial charge in [0.25, 0.3) is 0 Å². The van der Waals surface area contributed by atoms with E-state index >= 15 is 0 Å². The number of carbonyl (C=O) groups is 1. The Labute approximate surface area is 134 Å². The van der Waals surface area contributed by atoms with E-state index in [-0.39, 0.29) is 6.42 Å². The number of carboxylic acids is 1. The Morgan fingerprint density at radius 1 is 0.955 bits per heavy atom. The van der Waals surface area contributed by atoms with Gasteiger partial charge in [0.05, 0.1) is 12.2 Å². The zero-order valence-electron chi connectivity index (χ0n) is 13.8. The molecule has 0 heterocycles. The van der Waals surface area contributed by atoms with Crippen molar-refractivity contribution in [1.29, 1.82) is 0 Å². The smallest absolute Gasteiger partial charge is 0.303 e. The Bertz CT molecular complexity index is 323. The number of aliphatic carboxylic acids is 1. The lowest BCUT2D eigenvalue weighted by Crippen LogP contribution is -2.25. The molecule has 0 saturated heterocycles. The van der Waals surface area contributed by atoms with Crippen molar-refractivity contribution in [3.05, 3.63) is 24.3 Å². The molecular weight excluding hydrogens is 280 g/mol. The van der Waals surface area contributed by atoms with E-state index in [1.807, 2.05) is 12.2 Å². The average molecular weight is 312 g/mol. The van der Waals surface area contributed by atoms with Crippen molar-refractivity contribution < 1.29 is 20.1 Å². The van der Waals surface area contributed by atoms with E-state index in [4.69, 9.17) is 5.11 Å². The van der Waals surface area contributed by atoms with Crippen LogP contribution in [0.3, 0.4) is 0 Å². The Morgan fingerprint density at radius 2 is 1.68 bits per heavy atom. The summed E-state index contributed by atoms with van der Waals surface area (Å²) in [4.78, 5) is 10.4. The van der Waals surface area contributed by atoms with Gasteiger partial charge in [-0.3, -0.25) is 4.79 Å². The molecule has 4 nitrogen and oxygen atoms in total. The highest BCUT2D eigenvalue weighted by Gasteiger charge is 2.14. The summed E-state index contributed by atoms with van der Waals surface area (Å²) in [5, 5.41) is 28.1. The van der Waals surface area contributed by atoms with Crippen LogP contribution in [0.5, 0.6) is 0 Å². The van der Waals surface area contributed by atoms with E-state index in [9.17, 15) is 15.0 Å². The fourth-order valence-corrected chi connectivity index (χ4v) is 2.12. The lowest BCUT2D eigenvalue weighted by Gasteiger charge is -2.15. The van der Waals surface area contributed by atoms with Gasteiger partial charge in [-0.05, 0) is 38.5 Å². The molecule has 0 aromatic heterocycles. The van der Waals surface area contributed by atoms with Crippen LogP contribution in [-0.4, -0.2) is 33.5 Å². The van der Waals surface area contributed by atoms with Gasteiger partial charge in [-0.1, -0.05) is 50.5 Å². The van der Waals surface area contributed by atoms with Crippen LogP contribution in [0.1, 0.15) is 71.1 Å². The first kappa shape index (κ1) is 20.9.